The van der Waals surface area contributed by atoms with Crippen molar-refractivity contribution in [2.45, 2.75) is 49.5 Å². The average molecular weight is 526 g/mol. The van der Waals surface area contributed by atoms with Crippen molar-refractivity contribution in [3.8, 4) is 11.5 Å². The van der Waals surface area contributed by atoms with Crippen LogP contribution in [0.5, 0.6) is 11.5 Å². The smallest absolute Gasteiger partial charge is 0.244 e. The summed E-state index contributed by atoms with van der Waals surface area (Å²) in [6.07, 6.45) is 6.38. The molecule has 0 unspecified atom stereocenters. The zero-order valence-electron chi connectivity index (χ0n) is 21.4. The summed E-state index contributed by atoms with van der Waals surface area (Å²) >= 11 is 0. The van der Waals surface area contributed by atoms with E-state index in [-0.39, 0.29) is 4.90 Å². The summed E-state index contributed by atoms with van der Waals surface area (Å²) in [6.45, 7) is 1.22. The van der Waals surface area contributed by atoms with E-state index in [0.717, 1.165) is 48.9 Å². The molecular formula is C27H35N5O4S. The van der Waals surface area contributed by atoms with E-state index in [0.29, 0.717) is 41.9 Å². The minimum absolute atomic E-state index is 0.0955. The Morgan fingerprint density at radius 3 is 2.32 bits per heavy atom. The first kappa shape index (κ1) is 25.5. The van der Waals surface area contributed by atoms with Crippen molar-refractivity contribution < 1.29 is 17.9 Å². The first-order valence-corrected chi connectivity index (χ1v) is 14.4. The summed E-state index contributed by atoms with van der Waals surface area (Å²) < 4.78 is 39.2. The Labute approximate surface area is 218 Å². The molecule has 2 aromatic carbocycles. The van der Waals surface area contributed by atoms with Crippen LogP contribution in [0.25, 0.3) is 10.9 Å². The van der Waals surface area contributed by atoms with Gasteiger partial charge in [0.15, 0.2) is 0 Å². The number of hydrogen-bond donors (Lipinski definition) is 3. The predicted molar refractivity (Wildman–Crippen MR) is 145 cm³/mol. The zero-order chi connectivity index (χ0) is 25.8. The number of hydrogen-bond acceptors (Lipinski definition) is 8. The fourth-order valence-electron chi connectivity index (χ4n) is 4.86. The summed E-state index contributed by atoms with van der Waals surface area (Å²) in [5.74, 6) is 3.13. The molecule has 0 saturated heterocycles. The van der Waals surface area contributed by atoms with Crippen LogP contribution in [0.4, 0.5) is 11.8 Å². The van der Waals surface area contributed by atoms with E-state index < -0.39 is 10.0 Å². The maximum absolute atomic E-state index is 13.0. The van der Waals surface area contributed by atoms with Crippen LogP contribution in [0.3, 0.4) is 0 Å². The molecule has 2 aliphatic carbocycles. The molecule has 2 saturated carbocycles. The molecule has 2 aliphatic rings. The van der Waals surface area contributed by atoms with Crippen molar-refractivity contribution in [1.29, 1.82) is 0 Å². The molecule has 3 N–H and O–H groups in total. The molecule has 0 radical (unpaired) electrons. The highest BCUT2D eigenvalue weighted by atomic mass is 32.2. The minimum atomic E-state index is -3.71. The van der Waals surface area contributed by atoms with Gasteiger partial charge >= 0.3 is 0 Å². The Morgan fingerprint density at radius 1 is 0.892 bits per heavy atom. The molecule has 1 heterocycles. The molecule has 1 aromatic heterocycles. The third kappa shape index (κ3) is 6.24. The first-order chi connectivity index (χ1) is 17.9. The van der Waals surface area contributed by atoms with Gasteiger partial charge in [0.05, 0.1) is 19.7 Å². The summed E-state index contributed by atoms with van der Waals surface area (Å²) in [5.41, 5.74) is 0.937. The van der Waals surface area contributed by atoms with E-state index in [2.05, 4.69) is 21.4 Å². The summed E-state index contributed by atoms with van der Waals surface area (Å²) in [4.78, 5) is 9.57. The largest absolute Gasteiger partial charge is 0.497 e. The van der Waals surface area contributed by atoms with Crippen molar-refractivity contribution in [3.63, 3.8) is 0 Å². The Morgan fingerprint density at radius 2 is 1.62 bits per heavy atom. The van der Waals surface area contributed by atoms with Gasteiger partial charge in [0, 0.05) is 30.6 Å². The lowest BCUT2D eigenvalue weighted by Gasteiger charge is -2.28. The predicted octanol–water partition coefficient (Wildman–Crippen LogP) is 4.42. The molecule has 198 valence electrons. The van der Waals surface area contributed by atoms with E-state index in [1.807, 2.05) is 18.2 Å². The van der Waals surface area contributed by atoms with E-state index in [1.54, 1.807) is 12.1 Å². The second kappa shape index (κ2) is 11.1. The molecule has 10 heteroatoms. The standard InChI is InChI=1S/C27H35N5O4S/c1-35-21-13-14-24(36-2)25(15-21)37(33,34)29-17-19-9-7-18(8-10-19)16-28-27-31-23-6-4-3-5-22(23)26(32-27)30-20-11-12-20/h3-6,13-15,18-20,29H,7-12,16-17H2,1-2H3,(H2,28,30,31,32)/t18-,19-. The molecule has 0 aliphatic heterocycles. The van der Waals surface area contributed by atoms with Crippen LogP contribution in [0.2, 0.25) is 0 Å². The number of nitrogens with one attached hydrogen (secondary N) is 3. The quantitative estimate of drug-likeness (QED) is 0.337. The Kier molecular flexibility index (Phi) is 7.66. The lowest BCUT2D eigenvalue weighted by Crippen LogP contribution is -2.32. The van der Waals surface area contributed by atoms with Gasteiger partial charge in [0.25, 0.3) is 0 Å². The number of aromatic nitrogens is 2. The highest BCUT2D eigenvalue weighted by molar-refractivity contribution is 7.89. The van der Waals surface area contributed by atoms with Crippen LogP contribution in [0.15, 0.2) is 47.4 Å². The van der Waals surface area contributed by atoms with Crippen molar-refractivity contribution >= 4 is 32.7 Å². The molecule has 0 spiro atoms. The fraction of sp³-hybridized carbons (Fsp3) is 0.481. The molecule has 0 atom stereocenters. The Hall–Kier alpha value is -3.11. The highest BCUT2D eigenvalue weighted by Crippen LogP contribution is 2.32. The van der Waals surface area contributed by atoms with Gasteiger partial charge in [0.2, 0.25) is 16.0 Å². The van der Waals surface area contributed by atoms with E-state index in [4.69, 9.17) is 19.4 Å². The highest BCUT2D eigenvalue weighted by Gasteiger charge is 2.26. The van der Waals surface area contributed by atoms with Gasteiger partial charge in [-0.3, -0.25) is 0 Å². The van der Waals surface area contributed by atoms with Gasteiger partial charge in [-0.15, -0.1) is 0 Å². The number of methoxy groups -OCH3 is 2. The first-order valence-electron chi connectivity index (χ1n) is 12.9. The summed E-state index contributed by atoms with van der Waals surface area (Å²) in [7, 11) is -0.740. The monoisotopic (exact) mass is 525 g/mol. The van der Waals surface area contributed by atoms with Crippen molar-refractivity contribution in [3.05, 3.63) is 42.5 Å². The number of rotatable bonds is 11. The Bertz CT molecular complexity index is 1340. The van der Waals surface area contributed by atoms with Gasteiger partial charge in [-0.05, 0) is 74.6 Å². The third-order valence-electron chi connectivity index (χ3n) is 7.26. The van der Waals surface area contributed by atoms with E-state index in [9.17, 15) is 8.42 Å². The maximum atomic E-state index is 13.0. The molecule has 9 nitrogen and oxygen atoms in total. The van der Waals surface area contributed by atoms with Gasteiger partial charge < -0.3 is 20.1 Å². The van der Waals surface area contributed by atoms with Gasteiger partial charge in [-0.25, -0.2) is 18.1 Å². The Balaban J connectivity index is 1.14. The molecule has 37 heavy (non-hydrogen) atoms. The van der Waals surface area contributed by atoms with Crippen LogP contribution in [0.1, 0.15) is 38.5 Å². The second-order valence-corrected chi connectivity index (χ2v) is 11.7. The SMILES string of the molecule is COc1ccc(OC)c(S(=O)(=O)NC[C@H]2CC[C@H](CNc3nc(NC4CC4)c4ccccc4n3)CC2)c1. The molecular weight excluding hydrogens is 490 g/mol. The van der Waals surface area contributed by atoms with Crippen LogP contribution >= 0.6 is 0 Å². The van der Waals surface area contributed by atoms with Gasteiger partial charge in [-0.2, -0.15) is 4.98 Å². The number of ether oxygens (including phenoxy) is 2. The number of fused-ring (bicyclic) bond motifs is 1. The van der Waals surface area contributed by atoms with Gasteiger partial charge in [-0.1, -0.05) is 12.1 Å². The van der Waals surface area contributed by atoms with Crippen LogP contribution in [-0.2, 0) is 10.0 Å². The number of sulfonamides is 1. The maximum Gasteiger partial charge on any atom is 0.244 e. The molecule has 0 bridgehead atoms. The van der Waals surface area contributed by atoms with E-state index >= 15 is 0 Å². The average Bonchev–Trinajstić information content (AvgIpc) is 3.75. The molecule has 5 rings (SSSR count). The number of anilines is 2. The normalized spacial score (nSPS) is 19.9. The second-order valence-electron chi connectivity index (χ2n) is 9.97. The summed E-state index contributed by atoms with van der Waals surface area (Å²) in [6, 6.07) is 13.4. The van der Waals surface area contributed by atoms with Crippen molar-refractivity contribution in [2.75, 3.05) is 37.9 Å². The number of benzene rings is 2. The zero-order valence-corrected chi connectivity index (χ0v) is 22.2. The third-order valence-corrected chi connectivity index (χ3v) is 8.70. The summed E-state index contributed by atoms with van der Waals surface area (Å²) in [5, 5.41) is 8.04. The van der Waals surface area contributed by atoms with Crippen molar-refractivity contribution in [2.24, 2.45) is 11.8 Å². The fourth-order valence-corrected chi connectivity index (χ4v) is 6.16. The number of nitrogens with zero attached hydrogens (tertiary/aromatic N) is 2. The van der Waals surface area contributed by atoms with E-state index in [1.165, 1.54) is 33.1 Å². The molecule has 0 amide bonds. The molecule has 3 aromatic rings. The molecule has 2 fully saturated rings. The lowest BCUT2D eigenvalue weighted by atomic mass is 9.82. The van der Waals surface area contributed by atoms with Crippen molar-refractivity contribution in [1.82, 2.24) is 14.7 Å². The minimum Gasteiger partial charge on any atom is -0.497 e. The topological polar surface area (TPSA) is 114 Å². The number of para-hydroxylation sites is 1. The lowest BCUT2D eigenvalue weighted by molar-refractivity contribution is 0.284. The van der Waals surface area contributed by atoms with Crippen LogP contribution in [0, 0.1) is 11.8 Å². The van der Waals surface area contributed by atoms with Crippen LogP contribution < -0.4 is 24.8 Å². The van der Waals surface area contributed by atoms with Gasteiger partial charge in [0.1, 0.15) is 22.2 Å². The van der Waals surface area contributed by atoms with Crippen LogP contribution in [-0.4, -0.2) is 51.7 Å².